The summed E-state index contributed by atoms with van der Waals surface area (Å²) in [6, 6.07) is 13.6. The Kier molecular flexibility index (Phi) is 4.96. The first-order valence-electron chi connectivity index (χ1n) is 9.28. The van der Waals surface area contributed by atoms with Gasteiger partial charge in [-0.2, -0.15) is 0 Å². The summed E-state index contributed by atoms with van der Waals surface area (Å²) in [4.78, 5) is 30.7. The number of esters is 1. The number of carbonyl (C=O) groups excluding carboxylic acids is 1. The van der Waals surface area contributed by atoms with Crippen LogP contribution in [0.15, 0.2) is 59.0 Å². The summed E-state index contributed by atoms with van der Waals surface area (Å²) in [5.74, 6) is -0.407. The number of benzene rings is 2. The highest BCUT2D eigenvalue weighted by Gasteiger charge is 2.23. The van der Waals surface area contributed by atoms with Gasteiger partial charge in [-0.05, 0) is 35.7 Å². The first-order chi connectivity index (χ1) is 13.6. The van der Waals surface area contributed by atoms with E-state index in [1.807, 2.05) is 30.5 Å². The number of nitrogens with zero attached hydrogens (tertiary/aromatic N) is 2. The van der Waals surface area contributed by atoms with Gasteiger partial charge in [0, 0.05) is 10.9 Å². The van der Waals surface area contributed by atoms with Gasteiger partial charge in [0.25, 0.3) is 5.56 Å². The summed E-state index contributed by atoms with van der Waals surface area (Å²) in [5, 5.41) is 4.76. The van der Waals surface area contributed by atoms with Gasteiger partial charge >= 0.3 is 5.97 Å². The number of thiophene rings is 1. The largest absolute Gasteiger partial charge is 0.464 e. The van der Waals surface area contributed by atoms with E-state index < -0.39 is 12.0 Å². The van der Waals surface area contributed by atoms with E-state index >= 15 is 0 Å². The van der Waals surface area contributed by atoms with Crippen molar-refractivity contribution in [2.24, 2.45) is 0 Å². The van der Waals surface area contributed by atoms with Gasteiger partial charge in [-0.1, -0.05) is 43.3 Å². The molecular formula is C22H20N2O3S. The van der Waals surface area contributed by atoms with E-state index in [4.69, 9.17) is 4.74 Å². The predicted octanol–water partition coefficient (Wildman–Crippen LogP) is 4.79. The smallest absolute Gasteiger partial charge is 0.329 e. The van der Waals surface area contributed by atoms with E-state index in [1.54, 1.807) is 6.92 Å². The molecule has 0 N–H and O–H groups in total. The van der Waals surface area contributed by atoms with Crippen LogP contribution in [0, 0.1) is 0 Å². The van der Waals surface area contributed by atoms with Gasteiger partial charge in [0.2, 0.25) is 0 Å². The van der Waals surface area contributed by atoms with Crippen LogP contribution in [0.1, 0.15) is 26.3 Å². The molecule has 0 saturated carbocycles. The van der Waals surface area contributed by atoms with Crippen LogP contribution in [0.2, 0.25) is 0 Å². The third-order valence-corrected chi connectivity index (χ3v) is 5.75. The van der Waals surface area contributed by atoms with Crippen LogP contribution >= 0.6 is 11.3 Å². The van der Waals surface area contributed by atoms with Gasteiger partial charge in [0.05, 0.1) is 18.3 Å². The molecule has 6 heteroatoms. The normalized spacial score (nSPS) is 12.4. The maximum atomic E-state index is 13.3. The van der Waals surface area contributed by atoms with Gasteiger partial charge in [-0.25, -0.2) is 9.78 Å². The first kappa shape index (κ1) is 18.4. The second-order valence-corrected chi connectivity index (χ2v) is 7.38. The van der Waals surface area contributed by atoms with Crippen molar-refractivity contribution in [3.05, 3.63) is 64.5 Å². The molecule has 2 heterocycles. The summed E-state index contributed by atoms with van der Waals surface area (Å²) in [6.45, 7) is 3.89. The fourth-order valence-electron chi connectivity index (χ4n) is 3.45. The average Bonchev–Trinajstić information content (AvgIpc) is 3.15. The van der Waals surface area contributed by atoms with Crippen LogP contribution in [-0.4, -0.2) is 22.1 Å². The Morgan fingerprint density at radius 1 is 1.18 bits per heavy atom. The van der Waals surface area contributed by atoms with Crippen LogP contribution < -0.4 is 5.56 Å². The molecule has 142 valence electrons. The molecule has 0 fully saturated rings. The molecule has 1 atom stereocenters. The third kappa shape index (κ3) is 3.10. The van der Waals surface area contributed by atoms with Crippen molar-refractivity contribution >= 4 is 38.3 Å². The Morgan fingerprint density at radius 3 is 2.71 bits per heavy atom. The summed E-state index contributed by atoms with van der Waals surface area (Å²) in [7, 11) is 0. The van der Waals surface area contributed by atoms with Gasteiger partial charge in [0.15, 0.2) is 0 Å². The van der Waals surface area contributed by atoms with Crippen LogP contribution in [0.25, 0.3) is 32.1 Å². The average molecular weight is 392 g/mol. The first-order valence-corrected chi connectivity index (χ1v) is 10.2. The van der Waals surface area contributed by atoms with E-state index in [0.717, 1.165) is 21.9 Å². The summed E-state index contributed by atoms with van der Waals surface area (Å²) in [6.07, 6.45) is 1.91. The molecule has 0 bridgehead atoms. The number of carbonyl (C=O) groups is 1. The molecule has 0 radical (unpaired) electrons. The molecule has 0 amide bonds. The minimum Gasteiger partial charge on any atom is -0.464 e. The maximum Gasteiger partial charge on any atom is 0.329 e. The molecule has 4 aromatic rings. The molecule has 0 spiro atoms. The van der Waals surface area contributed by atoms with E-state index in [9.17, 15) is 9.59 Å². The van der Waals surface area contributed by atoms with Crippen molar-refractivity contribution in [2.75, 3.05) is 6.61 Å². The number of hydrogen-bond donors (Lipinski definition) is 0. The highest BCUT2D eigenvalue weighted by Crippen LogP contribution is 2.32. The lowest BCUT2D eigenvalue weighted by Gasteiger charge is -2.16. The van der Waals surface area contributed by atoms with E-state index in [2.05, 4.69) is 29.2 Å². The number of rotatable bonds is 5. The maximum absolute atomic E-state index is 13.3. The molecule has 4 rings (SSSR count). The van der Waals surface area contributed by atoms with Crippen molar-refractivity contribution in [3.63, 3.8) is 0 Å². The SMILES string of the molecule is CCOC(=O)C(CC)n1cnc2scc(-c3ccc4ccccc4c3)c2c1=O. The Morgan fingerprint density at radius 2 is 1.96 bits per heavy atom. The van der Waals surface area contributed by atoms with Gasteiger partial charge < -0.3 is 4.74 Å². The molecule has 28 heavy (non-hydrogen) atoms. The van der Waals surface area contributed by atoms with Crippen molar-refractivity contribution in [1.82, 2.24) is 9.55 Å². The minimum absolute atomic E-state index is 0.214. The van der Waals surface area contributed by atoms with Crippen molar-refractivity contribution in [2.45, 2.75) is 26.3 Å². The van der Waals surface area contributed by atoms with Crippen LogP contribution in [0.4, 0.5) is 0 Å². The lowest BCUT2D eigenvalue weighted by molar-refractivity contribution is -0.147. The molecule has 2 aromatic carbocycles. The number of hydrogen-bond acceptors (Lipinski definition) is 5. The molecule has 0 saturated heterocycles. The Bertz CT molecular complexity index is 1230. The summed E-state index contributed by atoms with van der Waals surface area (Å²) < 4.78 is 6.54. The zero-order valence-corrected chi connectivity index (χ0v) is 16.5. The molecular weight excluding hydrogens is 372 g/mol. The molecule has 0 aliphatic rings. The standard InChI is InChI=1S/C22H20N2O3S/c1-3-18(22(26)27-4-2)24-13-23-20-19(21(24)25)17(12-28-20)16-10-9-14-7-5-6-8-15(14)11-16/h5-13,18H,3-4H2,1-2H3. The Balaban J connectivity index is 1.88. The van der Waals surface area contributed by atoms with Crippen LogP contribution in [-0.2, 0) is 9.53 Å². The minimum atomic E-state index is -0.672. The Labute approximate surface area is 166 Å². The van der Waals surface area contributed by atoms with E-state index in [0.29, 0.717) is 16.6 Å². The van der Waals surface area contributed by atoms with Crippen LogP contribution in [0.3, 0.4) is 0 Å². The summed E-state index contributed by atoms with van der Waals surface area (Å²) >= 11 is 1.43. The predicted molar refractivity (Wildman–Crippen MR) is 113 cm³/mol. The molecule has 0 aliphatic heterocycles. The summed E-state index contributed by atoms with van der Waals surface area (Å²) in [5.41, 5.74) is 1.59. The van der Waals surface area contributed by atoms with Crippen molar-refractivity contribution in [1.29, 1.82) is 0 Å². The number of aromatic nitrogens is 2. The second-order valence-electron chi connectivity index (χ2n) is 6.52. The highest BCUT2D eigenvalue weighted by atomic mass is 32.1. The Hall–Kier alpha value is -2.99. The van der Waals surface area contributed by atoms with Crippen LogP contribution in [0.5, 0.6) is 0 Å². The second kappa shape index (κ2) is 7.56. The van der Waals surface area contributed by atoms with Crippen molar-refractivity contribution in [3.8, 4) is 11.1 Å². The van der Waals surface area contributed by atoms with Gasteiger partial charge in [0.1, 0.15) is 10.9 Å². The topological polar surface area (TPSA) is 61.2 Å². The number of fused-ring (bicyclic) bond motifs is 2. The van der Waals surface area contributed by atoms with Crippen molar-refractivity contribution < 1.29 is 9.53 Å². The molecule has 5 nitrogen and oxygen atoms in total. The molecule has 0 aliphatic carbocycles. The lowest BCUT2D eigenvalue weighted by atomic mass is 10.0. The third-order valence-electron chi connectivity index (χ3n) is 4.86. The zero-order chi connectivity index (χ0) is 19.7. The monoisotopic (exact) mass is 392 g/mol. The van der Waals surface area contributed by atoms with Gasteiger partial charge in [-0.3, -0.25) is 9.36 Å². The van der Waals surface area contributed by atoms with E-state index in [-0.39, 0.29) is 12.2 Å². The fourth-order valence-corrected chi connectivity index (χ4v) is 4.36. The zero-order valence-electron chi connectivity index (χ0n) is 15.7. The lowest BCUT2D eigenvalue weighted by Crippen LogP contribution is -2.31. The quantitative estimate of drug-likeness (QED) is 0.458. The fraction of sp³-hybridized carbons (Fsp3) is 0.227. The molecule has 1 unspecified atom stereocenters. The van der Waals surface area contributed by atoms with Gasteiger partial charge in [-0.15, -0.1) is 11.3 Å². The highest BCUT2D eigenvalue weighted by molar-refractivity contribution is 7.17. The number of ether oxygens (including phenoxy) is 1. The molecule has 2 aromatic heterocycles. The van der Waals surface area contributed by atoms with E-state index in [1.165, 1.54) is 22.2 Å².